The zero-order chi connectivity index (χ0) is 13.5. The van der Waals surface area contributed by atoms with Gasteiger partial charge in [-0.25, -0.2) is 0 Å². The van der Waals surface area contributed by atoms with E-state index in [9.17, 15) is 9.59 Å². The van der Waals surface area contributed by atoms with Gasteiger partial charge < -0.3 is 10.1 Å². The van der Waals surface area contributed by atoms with Gasteiger partial charge in [-0.1, -0.05) is 13.8 Å². The van der Waals surface area contributed by atoms with Crippen molar-refractivity contribution in [3.63, 3.8) is 0 Å². The highest BCUT2D eigenvalue weighted by atomic mass is 32.1. The predicted molar refractivity (Wildman–Crippen MR) is 71.8 cm³/mol. The highest BCUT2D eigenvalue weighted by molar-refractivity contribution is 7.12. The average Bonchev–Trinajstić information content (AvgIpc) is 2.77. The van der Waals surface area contributed by atoms with E-state index in [-0.39, 0.29) is 12.2 Å². The number of hydrogen-bond acceptors (Lipinski definition) is 5. The Labute approximate surface area is 110 Å². The van der Waals surface area contributed by atoms with Crippen LogP contribution in [0.25, 0.3) is 0 Å². The van der Waals surface area contributed by atoms with Crippen LogP contribution in [0, 0.1) is 5.41 Å². The summed E-state index contributed by atoms with van der Waals surface area (Å²) in [5.41, 5.74) is 0.330. The van der Waals surface area contributed by atoms with Crippen LogP contribution < -0.4 is 4.74 Å². The summed E-state index contributed by atoms with van der Waals surface area (Å²) in [6, 6.07) is 1.63. The van der Waals surface area contributed by atoms with Crippen molar-refractivity contribution in [3.05, 3.63) is 16.3 Å². The lowest BCUT2D eigenvalue weighted by molar-refractivity contribution is -0.133. The van der Waals surface area contributed by atoms with Crippen molar-refractivity contribution < 1.29 is 14.3 Å². The van der Waals surface area contributed by atoms with Crippen molar-refractivity contribution in [1.82, 2.24) is 0 Å². The Balaban J connectivity index is 2.68. The molecule has 0 fully saturated rings. The minimum atomic E-state index is -0.481. The normalized spacial score (nSPS) is 10.1. The first-order chi connectivity index (χ1) is 8.58. The van der Waals surface area contributed by atoms with Crippen LogP contribution in [0.2, 0.25) is 0 Å². The van der Waals surface area contributed by atoms with Gasteiger partial charge in [0.05, 0.1) is 6.42 Å². The minimum Gasteiger partial charge on any atom is -0.425 e. The number of rotatable bonds is 7. The maximum absolute atomic E-state index is 11.8. The fourth-order valence-electron chi connectivity index (χ4n) is 1.38. The lowest BCUT2D eigenvalue weighted by atomic mass is 10.2. The number of ether oxygens (including phenoxy) is 1. The number of carbonyl (C=O) groups is 2. The largest absolute Gasteiger partial charge is 0.425 e. The molecule has 0 unspecified atom stereocenters. The van der Waals surface area contributed by atoms with E-state index in [1.165, 1.54) is 11.3 Å². The number of Topliss-reactive ketones (excluding diaryl/α,β-unsaturated/α-hetero) is 1. The van der Waals surface area contributed by atoms with Gasteiger partial charge in [0.25, 0.3) is 0 Å². The number of nitrogens with one attached hydrogen (secondary N) is 1. The standard InChI is InChI=1S/C13H17NO3S/c1-3-5-10(15)13-11(6-7-18-13)17-12(16)8-9(14)4-2/h6-7,14H,3-5,8H2,1-2H3. The molecule has 5 heteroatoms. The quantitative estimate of drug-likeness (QED) is 0.467. The number of ketones is 1. The summed E-state index contributed by atoms with van der Waals surface area (Å²) in [5.74, 6) is -0.154. The predicted octanol–water partition coefficient (Wildman–Crippen LogP) is 3.46. The molecular weight excluding hydrogens is 250 g/mol. The first kappa shape index (κ1) is 14.6. The number of esters is 1. The molecule has 98 valence electrons. The highest BCUT2D eigenvalue weighted by Crippen LogP contribution is 2.27. The molecule has 0 aliphatic carbocycles. The van der Waals surface area contributed by atoms with Crippen molar-refractivity contribution in [2.45, 2.75) is 39.5 Å². The van der Waals surface area contributed by atoms with Crippen molar-refractivity contribution in [1.29, 1.82) is 5.41 Å². The first-order valence-corrected chi connectivity index (χ1v) is 6.84. The van der Waals surface area contributed by atoms with Gasteiger partial charge in [-0.3, -0.25) is 9.59 Å². The molecule has 1 heterocycles. The van der Waals surface area contributed by atoms with Crippen LogP contribution in [-0.4, -0.2) is 17.5 Å². The van der Waals surface area contributed by atoms with Gasteiger partial charge in [-0.15, -0.1) is 11.3 Å². The zero-order valence-corrected chi connectivity index (χ0v) is 11.4. The van der Waals surface area contributed by atoms with Crippen molar-refractivity contribution in [2.24, 2.45) is 0 Å². The van der Waals surface area contributed by atoms with E-state index >= 15 is 0 Å². The molecule has 0 spiro atoms. The Morgan fingerprint density at radius 1 is 1.39 bits per heavy atom. The van der Waals surface area contributed by atoms with E-state index in [4.69, 9.17) is 10.1 Å². The van der Waals surface area contributed by atoms with Gasteiger partial charge in [0.15, 0.2) is 11.5 Å². The van der Waals surface area contributed by atoms with Gasteiger partial charge in [0.2, 0.25) is 0 Å². The fraction of sp³-hybridized carbons (Fsp3) is 0.462. The molecule has 4 nitrogen and oxygen atoms in total. The van der Waals surface area contributed by atoms with Crippen molar-refractivity contribution in [2.75, 3.05) is 0 Å². The number of thiophene rings is 1. The monoisotopic (exact) mass is 267 g/mol. The molecule has 0 saturated carbocycles. The lowest BCUT2D eigenvalue weighted by Gasteiger charge is -2.04. The lowest BCUT2D eigenvalue weighted by Crippen LogP contribution is -2.13. The van der Waals surface area contributed by atoms with Gasteiger partial charge >= 0.3 is 5.97 Å². The van der Waals surface area contributed by atoms with E-state index in [1.807, 2.05) is 13.8 Å². The number of hydrogen-bond donors (Lipinski definition) is 1. The molecule has 0 amide bonds. The van der Waals surface area contributed by atoms with Gasteiger partial charge in [0.1, 0.15) is 4.88 Å². The highest BCUT2D eigenvalue weighted by Gasteiger charge is 2.16. The average molecular weight is 267 g/mol. The summed E-state index contributed by atoms with van der Waals surface area (Å²) in [5, 5.41) is 9.17. The van der Waals surface area contributed by atoms with Crippen LogP contribution in [0.4, 0.5) is 0 Å². The third-order valence-corrected chi connectivity index (χ3v) is 3.30. The molecule has 0 aliphatic heterocycles. The molecule has 1 N–H and O–H groups in total. The molecule has 0 radical (unpaired) electrons. The van der Waals surface area contributed by atoms with E-state index < -0.39 is 5.97 Å². The summed E-state index contributed by atoms with van der Waals surface area (Å²) in [6.45, 7) is 3.75. The van der Waals surface area contributed by atoms with Crippen molar-refractivity contribution >= 4 is 28.8 Å². The van der Waals surface area contributed by atoms with Gasteiger partial charge in [0, 0.05) is 12.1 Å². The molecule has 1 rings (SSSR count). The maximum Gasteiger partial charge on any atom is 0.316 e. The van der Waals surface area contributed by atoms with Gasteiger partial charge in [-0.2, -0.15) is 0 Å². The maximum atomic E-state index is 11.8. The summed E-state index contributed by atoms with van der Waals surface area (Å²) in [4.78, 5) is 23.8. The molecule has 1 aromatic heterocycles. The Hall–Kier alpha value is -1.49. The third kappa shape index (κ3) is 4.07. The molecule has 0 aromatic carbocycles. The zero-order valence-electron chi connectivity index (χ0n) is 10.6. The van der Waals surface area contributed by atoms with Crippen LogP contribution in [0.15, 0.2) is 11.4 Å². The first-order valence-electron chi connectivity index (χ1n) is 5.96. The molecule has 0 atom stereocenters. The second-order valence-corrected chi connectivity index (χ2v) is 4.81. The molecule has 0 bridgehead atoms. The van der Waals surface area contributed by atoms with Crippen LogP contribution in [0.1, 0.15) is 49.2 Å². The van der Waals surface area contributed by atoms with Crippen LogP contribution in [0.3, 0.4) is 0 Å². The van der Waals surface area contributed by atoms with E-state index in [2.05, 4.69) is 0 Å². The Bertz CT molecular complexity index is 451. The molecule has 0 aliphatic rings. The van der Waals surface area contributed by atoms with E-state index in [1.54, 1.807) is 11.4 Å². The molecular formula is C13H17NO3S. The summed E-state index contributed by atoms with van der Waals surface area (Å²) < 4.78 is 5.14. The Morgan fingerprint density at radius 2 is 2.11 bits per heavy atom. The molecule has 18 heavy (non-hydrogen) atoms. The third-order valence-electron chi connectivity index (χ3n) is 2.37. The summed E-state index contributed by atoms with van der Waals surface area (Å²) in [6.07, 6.45) is 1.73. The molecule has 0 saturated heterocycles. The van der Waals surface area contributed by atoms with Gasteiger partial charge in [-0.05, 0) is 24.3 Å². The summed E-state index contributed by atoms with van der Waals surface area (Å²) >= 11 is 1.28. The Kier molecular flexibility index (Phi) is 5.71. The topological polar surface area (TPSA) is 67.2 Å². The van der Waals surface area contributed by atoms with Crippen molar-refractivity contribution in [3.8, 4) is 5.75 Å². The molecule has 1 aromatic rings. The van der Waals surface area contributed by atoms with Crippen LogP contribution >= 0.6 is 11.3 Å². The Morgan fingerprint density at radius 3 is 2.72 bits per heavy atom. The number of carbonyl (C=O) groups excluding carboxylic acids is 2. The smallest absolute Gasteiger partial charge is 0.316 e. The second kappa shape index (κ2) is 7.06. The van der Waals surface area contributed by atoms with Crippen LogP contribution in [0.5, 0.6) is 5.75 Å². The summed E-state index contributed by atoms with van der Waals surface area (Å²) in [7, 11) is 0. The SMILES string of the molecule is CCCC(=O)c1sccc1OC(=O)CC(=N)CC. The van der Waals surface area contributed by atoms with Crippen LogP contribution in [-0.2, 0) is 4.79 Å². The van der Waals surface area contributed by atoms with E-state index in [0.29, 0.717) is 29.2 Å². The fourth-order valence-corrected chi connectivity index (χ4v) is 2.17. The second-order valence-electron chi connectivity index (χ2n) is 3.90. The van der Waals surface area contributed by atoms with E-state index in [0.717, 1.165) is 6.42 Å². The minimum absolute atomic E-state index is 0.000804.